The number of hydrogen-bond acceptors (Lipinski definition) is 4. The summed E-state index contributed by atoms with van der Waals surface area (Å²) in [5, 5.41) is 3.42. The van der Waals surface area contributed by atoms with E-state index in [1.807, 2.05) is 17.2 Å². The Balaban J connectivity index is 2.08. The molecule has 0 atom stereocenters. The molecule has 5 heteroatoms. The number of hydrogen-bond donors (Lipinski definition) is 1. The number of rotatable bonds is 3. The van der Waals surface area contributed by atoms with Crippen LogP contribution in [0.25, 0.3) is 0 Å². The molecule has 104 valence electrons. The third kappa shape index (κ3) is 3.36. The number of pyridine rings is 1. The molecule has 1 amide bonds. The van der Waals surface area contributed by atoms with Crippen LogP contribution in [-0.2, 0) is 4.79 Å². The van der Waals surface area contributed by atoms with E-state index < -0.39 is 0 Å². The summed E-state index contributed by atoms with van der Waals surface area (Å²) in [5.74, 6) is 1.14. The predicted octanol–water partition coefficient (Wildman–Crippen LogP) is 1.57. The first-order valence-corrected chi connectivity index (χ1v) is 6.80. The van der Waals surface area contributed by atoms with Crippen molar-refractivity contribution in [3.05, 3.63) is 18.3 Å². The lowest BCUT2D eigenvalue weighted by molar-refractivity contribution is -0.129. The van der Waals surface area contributed by atoms with Gasteiger partial charge in [0, 0.05) is 45.3 Å². The Bertz CT molecular complexity index is 439. The molecule has 0 aliphatic carbocycles. The lowest BCUT2D eigenvalue weighted by Gasteiger charge is -2.35. The van der Waals surface area contributed by atoms with Gasteiger partial charge in [-0.05, 0) is 26.0 Å². The fraction of sp³-hybridized carbons (Fsp3) is 0.571. The summed E-state index contributed by atoms with van der Waals surface area (Å²) in [7, 11) is 0. The molecule has 1 aromatic heterocycles. The normalized spacial score (nSPS) is 15.8. The van der Waals surface area contributed by atoms with E-state index in [9.17, 15) is 4.79 Å². The Morgan fingerprint density at radius 2 is 2.00 bits per heavy atom. The Morgan fingerprint density at radius 1 is 1.32 bits per heavy atom. The number of anilines is 2. The fourth-order valence-corrected chi connectivity index (χ4v) is 2.31. The van der Waals surface area contributed by atoms with Gasteiger partial charge in [-0.15, -0.1) is 0 Å². The zero-order valence-corrected chi connectivity index (χ0v) is 11.9. The first kappa shape index (κ1) is 13.6. The lowest BCUT2D eigenvalue weighted by Crippen LogP contribution is -2.48. The SMILES string of the molecule is CC(=O)N1CCN(c2ncccc2NC(C)C)CC1. The number of carbonyl (C=O) groups is 1. The second-order valence-corrected chi connectivity index (χ2v) is 5.17. The Kier molecular flexibility index (Phi) is 4.24. The second-order valence-electron chi connectivity index (χ2n) is 5.17. The van der Waals surface area contributed by atoms with Crippen LogP contribution >= 0.6 is 0 Å². The largest absolute Gasteiger partial charge is 0.380 e. The molecule has 0 spiro atoms. The molecule has 0 bridgehead atoms. The average Bonchev–Trinajstić information content (AvgIpc) is 2.39. The molecule has 0 unspecified atom stereocenters. The number of piperazine rings is 1. The summed E-state index contributed by atoms with van der Waals surface area (Å²) in [4.78, 5) is 19.9. The van der Waals surface area contributed by atoms with Crippen LogP contribution in [0.1, 0.15) is 20.8 Å². The van der Waals surface area contributed by atoms with Crippen molar-refractivity contribution in [3.63, 3.8) is 0 Å². The van der Waals surface area contributed by atoms with Gasteiger partial charge in [-0.3, -0.25) is 4.79 Å². The van der Waals surface area contributed by atoms with E-state index in [2.05, 4.69) is 35.1 Å². The van der Waals surface area contributed by atoms with Gasteiger partial charge in [-0.25, -0.2) is 4.98 Å². The van der Waals surface area contributed by atoms with Gasteiger partial charge >= 0.3 is 0 Å². The van der Waals surface area contributed by atoms with Crippen LogP contribution in [0, 0.1) is 0 Å². The number of nitrogens with one attached hydrogen (secondary N) is 1. The van der Waals surface area contributed by atoms with Crippen molar-refractivity contribution in [2.45, 2.75) is 26.8 Å². The highest BCUT2D eigenvalue weighted by molar-refractivity contribution is 5.74. The van der Waals surface area contributed by atoms with Crippen LogP contribution in [0.2, 0.25) is 0 Å². The number of nitrogens with zero attached hydrogens (tertiary/aromatic N) is 3. The van der Waals surface area contributed by atoms with Crippen LogP contribution in [0.4, 0.5) is 11.5 Å². The summed E-state index contributed by atoms with van der Waals surface area (Å²) in [5.41, 5.74) is 1.06. The molecule has 0 radical (unpaired) electrons. The highest BCUT2D eigenvalue weighted by atomic mass is 16.2. The number of carbonyl (C=O) groups excluding carboxylic acids is 1. The number of amides is 1. The van der Waals surface area contributed by atoms with E-state index in [0.717, 1.165) is 37.7 Å². The van der Waals surface area contributed by atoms with Crippen LogP contribution in [0.5, 0.6) is 0 Å². The van der Waals surface area contributed by atoms with E-state index in [4.69, 9.17) is 0 Å². The minimum absolute atomic E-state index is 0.154. The van der Waals surface area contributed by atoms with Gasteiger partial charge in [0.25, 0.3) is 0 Å². The molecule has 1 aliphatic heterocycles. The minimum atomic E-state index is 0.154. The standard InChI is InChI=1S/C14H22N4O/c1-11(2)16-13-5-4-6-15-14(13)18-9-7-17(8-10-18)12(3)19/h4-6,11,16H,7-10H2,1-3H3. The molecule has 1 aliphatic rings. The molecule has 19 heavy (non-hydrogen) atoms. The smallest absolute Gasteiger partial charge is 0.219 e. The first-order valence-electron chi connectivity index (χ1n) is 6.80. The predicted molar refractivity (Wildman–Crippen MR) is 77.5 cm³/mol. The van der Waals surface area contributed by atoms with Gasteiger partial charge in [-0.2, -0.15) is 0 Å². The van der Waals surface area contributed by atoms with Crippen LogP contribution in [-0.4, -0.2) is 48.0 Å². The number of aromatic nitrogens is 1. The van der Waals surface area contributed by atoms with Crippen molar-refractivity contribution in [1.82, 2.24) is 9.88 Å². The monoisotopic (exact) mass is 262 g/mol. The summed E-state index contributed by atoms with van der Waals surface area (Å²) in [6.45, 7) is 9.07. The molecule has 1 saturated heterocycles. The van der Waals surface area contributed by atoms with Gasteiger partial charge in [0.1, 0.15) is 0 Å². The zero-order chi connectivity index (χ0) is 13.8. The Hall–Kier alpha value is -1.78. The van der Waals surface area contributed by atoms with Crippen molar-refractivity contribution in [3.8, 4) is 0 Å². The summed E-state index contributed by atoms with van der Waals surface area (Å²) >= 11 is 0. The van der Waals surface area contributed by atoms with E-state index in [-0.39, 0.29) is 5.91 Å². The molecule has 0 aromatic carbocycles. The molecule has 2 heterocycles. The maximum absolute atomic E-state index is 11.3. The van der Waals surface area contributed by atoms with E-state index in [0.29, 0.717) is 6.04 Å². The topological polar surface area (TPSA) is 48.5 Å². The minimum Gasteiger partial charge on any atom is -0.380 e. The highest BCUT2D eigenvalue weighted by Gasteiger charge is 2.21. The van der Waals surface area contributed by atoms with E-state index in [1.165, 1.54) is 0 Å². The summed E-state index contributed by atoms with van der Waals surface area (Å²) < 4.78 is 0. The van der Waals surface area contributed by atoms with Crippen molar-refractivity contribution >= 4 is 17.4 Å². The molecule has 1 N–H and O–H groups in total. The fourth-order valence-electron chi connectivity index (χ4n) is 2.31. The lowest BCUT2D eigenvalue weighted by atomic mass is 10.2. The highest BCUT2D eigenvalue weighted by Crippen LogP contribution is 2.24. The summed E-state index contributed by atoms with van der Waals surface area (Å²) in [6.07, 6.45) is 1.82. The van der Waals surface area contributed by atoms with Gasteiger partial charge in [0.2, 0.25) is 5.91 Å². The van der Waals surface area contributed by atoms with Crippen molar-refractivity contribution < 1.29 is 4.79 Å². The van der Waals surface area contributed by atoms with Gasteiger partial charge in [-0.1, -0.05) is 0 Å². The molecule has 0 saturated carbocycles. The third-order valence-electron chi connectivity index (χ3n) is 3.26. The van der Waals surface area contributed by atoms with Crippen LogP contribution in [0.15, 0.2) is 18.3 Å². The first-order chi connectivity index (χ1) is 9.08. The Morgan fingerprint density at radius 3 is 2.58 bits per heavy atom. The molecular formula is C14H22N4O. The molecular weight excluding hydrogens is 240 g/mol. The van der Waals surface area contributed by atoms with Gasteiger partial charge < -0.3 is 15.1 Å². The molecule has 2 rings (SSSR count). The van der Waals surface area contributed by atoms with Crippen LogP contribution in [0.3, 0.4) is 0 Å². The third-order valence-corrected chi connectivity index (χ3v) is 3.26. The van der Waals surface area contributed by atoms with Crippen molar-refractivity contribution in [2.24, 2.45) is 0 Å². The second kappa shape index (κ2) is 5.91. The van der Waals surface area contributed by atoms with E-state index >= 15 is 0 Å². The van der Waals surface area contributed by atoms with E-state index in [1.54, 1.807) is 6.92 Å². The van der Waals surface area contributed by atoms with Crippen LogP contribution < -0.4 is 10.2 Å². The summed E-state index contributed by atoms with van der Waals surface area (Å²) in [6, 6.07) is 4.38. The average molecular weight is 262 g/mol. The molecule has 1 fully saturated rings. The van der Waals surface area contributed by atoms with Gasteiger partial charge in [0.15, 0.2) is 5.82 Å². The molecule has 5 nitrogen and oxygen atoms in total. The zero-order valence-electron chi connectivity index (χ0n) is 11.9. The maximum atomic E-state index is 11.3. The Labute approximate surface area is 114 Å². The van der Waals surface area contributed by atoms with Crippen molar-refractivity contribution in [2.75, 3.05) is 36.4 Å². The quantitative estimate of drug-likeness (QED) is 0.898. The molecule has 1 aromatic rings. The maximum Gasteiger partial charge on any atom is 0.219 e. The van der Waals surface area contributed by atoms with Gasteiger partial charge in [0.05, 0.1) is 5.69 Å². The van der Waals surface area contributed by atoms with Crippen molar-refractivity contribution in [1.29, 1.82) is 0 Å².